The van der Waals surface area contributed by atoms with Crippen molar-refractivity contribution in [1.29, 1.82) is 0 Å². The molecule has 2 rings (SSSR count). The summed E-state index contributed by atoms with van der Waals surface area (Å²) in [5, 5.41) is 13.0. The summed E-state index contributed by atoms with van der Waals surface area (Å²) in [5.74, 6) is -0.203. The van der Waals surface area contributed by atoms with Crippen molar-refractivity contribution in [3.8, 4) is 0 Å². The van der Waals surface area contributed by atoms with Crippen LogP contribution in [-0.4, -0.2) is 10.2 Å². The van der Waals surface area contributed by atoms with Gasteiger partial charge in [-0.05, 0) is 6.07 Å². The molecule has 0 saturated carbocycles. The minimum atomic E-state index is -0.203. The number of aromatic nitrogens is 2. The minimum Gasteiger partial charge on any atom is -0.356 e. The quantitative estimate of drug-likeness (QED) is 0.921. The molecule has 0 spiro atoms. The molecule has 0 amide bonds. The Hall–Kier alpha value is -1.49. The summed E-state index contributed by atoms with van der Waals surface area (Å²) in [6.45, 7) is 6.70. The molecule has 18 heavy (non-hydrogen) atoms. The topological polar surface area (TPSA) is 37.8 Å². The zero-order chi connectivity index (χ0) is 13.2. The lowest BCUT2D eigenvalue weighted by Gasteiger charge is -2.12. The molecule has 1 heterocycles. The number of anilines is 1. The van der Waals surface area contributed by atoms with Crippen LogP contribution in [-0.2, 0) is 12.0 Å². The van der Waals surface area contributed by atoms with Crippen molar-refractivity contribution in [2.45, 2.75) is 32.7 Å². The maximum absolute atomic E-state index is 13.4. The second-order valence-corrected chi connectivity index (χ2v) is 6.08. The molecule has 1 N–H and O–H groups in total. The lowest BCUT2D eigenvalue weighted by Crippen LogP contribution is -2.10. The monoisotopic (exact) mass is 265 g/mol. The molecule has 0 aliphatic carbocycles. The molecule has 1 aromatic carbocycles. The normalized spacial score (nSPS) is 11.6. The summed E-state index contributed by atoms with van der Waals surface area (Å²) in [5.41, 5.74) is 0.625. The summed E-state index contributed by atoms with van der Waals surface area (Å²) >= 11 is 1.51. The van der Waals surface area contributed by atoms with E-state index in [1.807, 2.05) is 6.07 Å². The highest BCUT2D eigenvalue weighted by molar-refractivity contribution is 7.15. The Kier molecular flexibility index (Phi) is 3.61. The lowest BCUT2D eigenvalue weighted by atomic mass is 9.98. The van der Waals surface area contributed by atoms with Gasteiger partial charge in [0.1, 0.15) is 10.8 Å². The fourth-order valence-electron chi connectivity index (χ4n) is 1.41. The molecule has 96 valence electrons. The van der Waals surface area contributed by atoms with E-state index in [1.165, 1.54) is 17.4 Å². The van der Waals surface area contributed by atoms with Gasteiger partial charge in [-0.15, -0.1) is 10.2 Å². The standard InChI is InChI=1S/C13H16FN3S/c1-13(2,3)11-16-17-12(18-11)15-8-9-6-4-5-7-10(9)14/h4-7H,8H2,1-3H3,(H,15,17). The van der Waals surface area contributed by atoms with Crippen molar-refractivity contribution in [1.82, 2.24) is 10.2 Å². The molecule has 5 heteroatoms. The Morgan fingerprint density at radius 1 is 1.22 bits per heavy atom. The van der Waals surface area contributed by atoms with Crippen LogP contribution >= 0.6 is 11.3 Å². The molecule has 0 unspecified atom stereocenters. The minimum absolute atomic E-state index is 0.00437. The van der Waals surface area contributed by atoms with Crippen molar-refractivity contribution in [3.05, 3.63) is 40.7 Å². The van der Waals surface area contributed by atoms with Crippen molar-refractivity contribution >= 4 is 16.5 Å². The number of halogens is 1. The Morgan fingerprint density at radius 3 is 2.56 bits per heavy atom. The average Bonchev–Trinajstić information content (AvgIpc) is 2.76. The molecule has 1 aromatic heterocycles. The van der Waals surface area contributed by atoms with Gasteiger partial charge >= 0.3 is 0 Å². The highest BCUT2D eigenvalue weighted by atomic mass is 32.1. The van der Waals surface area contributed by atoms with E-state index in [0.29, 0.717) is 12.1 Å². The number of nitrogens with zero attached hydrogens (tertiary/aromatic N) is 2. The van der Waals surface area contributed by atoms with Crippen LogP contribution in [0.25, 0.3) is 0 Å². The molecule has 2 aromatic rings. The van der Waals surface area contributed by atoms with Crippen LogP contribution in [0, 0.1) is 5.82 Å². The van der Waals surface area contributed by atoms with Crippen LogP contribution in [0.2, 0.25) is 0 Å². The zero-order valence-corrected chi connectivity index (χ0v) is 11.5. The van der Waals surface area contributed by atoms with Gasteiger partial charge in [-0.25, -0.2) is 4.39 Å². The first kappa shape index (κ1) is 13.0. The van der Waals surface area contributed by atoms with E-state index in [-0.39, 0.29) is 11.2 Å². The SMILES string of the molecule is CC(C)(C)c1nnc(NCc2ccccc2F)s1. The van der Waals surface area contributed by atoms with Crippen molar-refractivity contribution in [2.24, 2.45) is 0 Å². The van der Waals surface area contributed by atoms with Gasteiger partial charge in [-0.3, -0.25) is 0 Å². The van der Waals surface area contributed by atoms with E-state index in [9.17, 15) is 4.39 Å². The van der Waals surface area contributed by atoms with Gasteiger partial charge in [0.15, 0.2) is 0 Å². The molecule has 0 aliphatic heterocycles. The number of hydrogen-bond acceptors (Lipinski definition) is 4. The molecular formula is C13H16FN3S. The zero-order valence-electron chi connectivity index (χ0n) is 10.7. The molecule has 0 aliphatic rings. The highest BCUT2D eigenvalue weighted by Gasteiger charge is 2.19. The van der Waals surface area contributed by atoms with Crippen LogP contribution in [0.5, 0.6) is 0 Å². The van der Waals surface area contributed by atoms with E-state index in [0.717, 1.165) is 10.1 Å². The number of hydrogen-bond donors (Lipinski definition) is 1. The number of benzene rings is 1. The largest absolute Gasteiger partial charge is 0.356 e. The molecular weight excluding hydrogens is 249 g/mol. The summed E-state index contributed by atoms with van der Waals surface area (Å²) < 4.78 is 13.4. The summed E-state index contributed by atoms with van der Waals surface area (Å²) in [7, 11) is 0. The molecule has 0 bridgehead atoms. The third-order valence-electron chi connectivity index (χ3n) is 2.45. The Labute approximate surface area is 110 Å². The number of nitrogens with one attached hydrogen (secondary N) is 1. The van der Waals surface area contributed by atoms with Crippen LogP contribution in [0.1, 0.15) is 31.3 Å². The van der Waals surface area contributed by atoms with E-state index in [2.05, 4.69) is 36.3 Å². The van der Waals surface area contributed by atoms with Gasteiger partial charge < -0.3 is 5.32 Å². The lowest BCUT2D eigenvalue weighted by molar-refractivity contribution is 0.578. The van der Waals surface area contributed by atoms with Gasteiger partial charge in [-0.2, -0.15) is 0 Å². The fourth-order valence-corrected chi connectivity index (χ4v) is 2.21. The van der Waals surface area contributed by atoms with Crippen molar-refractivity contribution in [2.75, 3.05) is 5.32 Å². The van der Waals surface area contributed by atoms with Gasteiger partial charge in [0, 0.05) is 17.5 Å². The van der Waals surface area contributed by atoms with Crippen molar-refractivity contribution in [3.63, 3.8) is 0 Å². The van der Waals surface area contributed by atoms with Gasteiger partial charge in [0.2, 0.25) is 5.13 Å². The van der Waals surface area contributed by atoms with Crippen LogP contribution in [0.15, 0.2) is 24.3 Å². The molecule has 0 saturated heterocycles. The fraction of sp³-hybridized carbons (Fsp3) is 0.385. The highest BCUT2D eigenvalue weighted by Crippen LogP contribution is 2.27. The smallest absolute Gasteiger partial charge is 0.205 e. The van der Waals surface area contributed by atoms with E-state index in [1.54, 1.807) is 12.1 Å². The first-order chi connectivity index (χ1) is 8.47. The van der Waals surface area contributed by atoms with E-state index in [4.69, 9.17) is 0 Å². The van der Waals surface area contributed by atoms with E-state index >= 15 is 0 Å². The summed E-state index contributed by atoms with van der Waals surface area (Å²) in [6, 6.07) is 6.72. The molecule has 3 nitrogen and oxygen atoms in total. The maximum Gasteiger partial charge on any atom is 0.205 e. The van der Waals surface area contributed by atoms with Crippen LogP contribution in [0.3, 0.4) is 0 Å². The van der Waals surface area contributed by atoms with Crippen LogP contribution < -0.4 is 5.32 Å². The van der Waals surface area contributed by atoms with Crippen molar-refractivity contribution < 1.29 is 4.39 Å². The average molecular weight is 265 g/mol. The second-order valence-electron chi connectivity index (χ2n) is 5.11. The second kappa shape index (κ2) is 5.02. The van der Waals surface area contributed by atoms with Gasteiger partial charge in [0.25, 0.3) is 0 Å². The summed E-state index contributed by atoms with van der Waals surface area (Å²) in [4.78, 5) is 0. The van der Waals surface area contributed by atoms with Gasteiger partial charge in [0.05, 0.1) is 0 Å². The van der Waals surface area contributed by atoms with Gasteiger partial charge in [-0.1, -0.05) is 50.3 Å². The molecule has 0 fully saturated rings. The first-order valence-electron chi connectivity index (χ1n) is 5.78. The van der Waals surface area contributed by atoms with Crippen LogP contribution in [0.4, 0.5) is 9.52 Å². The summed E-state index contributed by atoms with van der Waals surface area (Å²) in [6.07, 6.45) is 0. The third kappa shape index (κ3) is 3.04. The molecule has 0 atom stereocenters. The first-order valence-corrected chi connectivity index (χ1v) is 6.60. The predicted molar refractivity (Wildman–Crippen MR) is 72.3 cm³/mol. The Morgan fingerprint density at radius 2 is 1.94 bits per heavy atom. The number of rotatable bonds is 3. The Bertz CT molecular complexity index is 531. The predicted octanol–water partition coefficient (Wildman–Crippen LogP) is 3.59. The van der Waals surface area contributed by atoms with E-state index < -0.39 is 0 Å². The Balaban J connectivity index is 2.03. The molecule has 0 radical (unpaired) electrons. The third-order valence-corrected chi connectivity index (χ3v) is 3.76. The maximum atomic E-state index is 13.4.